The zero-order valence-electron chi connectivity index (χ0n) is 9.55. The molecule has 0 spiro atoms. The van der Waals surface area contributed by atoms with E-state index >= 15 is 0 Å². The van der Waals surface area contributed by atoms with Crippen LogP contribution in [0, 0.1) is 0 Å². The van der Waals surface area contributed by atoms with Crippen molar-refractivity contribution in [2.75, 3.05) is 0 Å². The third kappa shape index (κ3) is 4.59. The molecule has 1 unspecified atom stereocenters. The van der Waals surface area contributed by atoms with E-state index in [0.29, 0.717) is 0 Å². The van der Waals surface area contributed by atoms with Gasteiger partial charge >= 0.3 is 0 Å². The van der Waals surface area contributed by atoms with Gasteiger partial charge in [0.15, 0.2) is 0 Å². The lowest BCUT2D eigenvalue weighted by Gasteiger charge is -2.08. The lowest BCUT2D eigenvalue weighted by molar-refractivity contribution is 0.564. The quantitative estimate of drug-likeness (QED) is 0.857. The number of rotatable bonds is 5. The number of benzene rings is 1. The van der Waals surface area contributed by atoms with Crippen LogP contribution >= 0.6 is 0 Å². The van der Waals surface area contributed by atoms with Gasteiger partial charge in [0.05, 0.1) is 0 Å². The molecule has 0 amide bonds. The molecule has 0 aliphatic rings. The SMILES string of the molecule is CCC(C)NS(=O)(=O)C=Cc1ccccc1. The van der Waals surface area contributed by atoms with E-state index in [1.807, 2.05) is 44.2 Å². The monoisotopic (exact) mass is 239 g/mol. The fraction of sp³-hybridized carbons (Fsp3) is 0.333. The molecule has 1 aromatic carbocycles. The summed E-state index contributed by atoms with van der Waals surface area (Å²) in [5.74, 6) is 0. The molecule has 0 aliphatic carbocycles. The van der Waals surface area contributed by atoms with Gasteiger partial charge in [-0.1, -0.05) is 37.3 Å². The Kier molecular flexibility index (Phi) is 4.71. The molecule has 0 heterocycles. The minimum atomic E-state index is -3.32. The number of hydrogen-bond donors (Lipinski definition) is 1. The molecular formula is C12H17NO2S. The van der Waals surface area contributed by atoms with Crippen LogP contribution in [0.1, 0.15) is 25.8 Å². The minimum Gasteiger partial charge on any atom is -0.209 e. The molecule has 3 nitrogen and oxygen atoms in total. The molecule has 1 N–H and O–H groups in total. The second kappa shape index (κ2) is 5.82. The highest BCUT2D eigenvalue weighted by atomic mass is 32.2. The van der Waals surface area contributed by atoms with Gasteiger partial charge in [0.25, 0.3) is 0 Å². The van der Waals surface area contributed by atoms with E-state index in [2.05, 4.69) is 4.72 Å². The molecule has 0 radical (unpaired) electrons. The molecule has 0 bridgehead atoms. The first-order valence-electron chi connectivity index (χ1n) is 5.29. The topological polar surface area (TPSA) is 46.2 Å². The van der Waals surface area contributed by atoms with E-state index in [4.69, 9.17) is 0 Å². The van der Waals surface area contributed by atoms with Crippen molar-refractivity contribution in [3.05, 3.63) is 41.3 Å². The van der Waals surface area contributed by atoms with E-state index < -0.39 is 10.0 Å². The lowest BCUT2D eigenvalue weighted by atomic mass is 10.2. The Labute approximate surface area is 97.2 Å². The molecule has 0 saturated carbocycles. The van der Waals surface area contributed by atoms with Gasteiger partial charge in [-0.25, -0.2) is 13.1 Å². The maximum absolute atomic E-state index is 11.6. The van der Waals surface area contributed by atoms with Crippen molar-refractivity contribution in [2.45, 2.75) is 26.3 Å². The smallest absolute Gasteiger partial charge is 0.209 e. The Morgan fingerprint density at radius 1 is 1.31 bits per heavy atom. The Hall–Kier alpha value is -1.13. The molecule has 0 fully saturated rings. The Balaban J connectivity index is 2.70. The average molecular weight is 239 g/mol. The third-order valence-corrected chi connectivity index (χ3v) is 3.44. The first-order valence-corrected chi connectivity index (χ1v) is 6.83. The summed E-state index contributed by atoms with van der Waals surface area (Å²) < 4.78 is 25.7. The fourth-order valence-corrected chi connectivity index (χ4v) is 2.28. The van der Waals surface area contributed by atoms with Gasteiger partial charge in [0.2, 0.25) is 10.0 Å². The predicted octanol–water partition coefficient (Wildman–Crippen LogP) is 2.38. The van der Waals surface area contributed by atoms with Crippen LogP contribution in [0.4, 0.5) is 0 Å². The highest BCUT2D eigenvalue weighted by Crippen LogP contribution is 2.03. The number of nitrogens with one attached hydrogen (secondary N) is 1. The van der Waals surface area contributed by atoms with Crippen molar-refractivity contribution in [1.29, 1.82) is 0 Å². The van der Waals surface area contributed by atoms with Crippen LogP contribution in [-0.4, -0.2) is 14.5 Å². The molecule has 1 rings (SSSR count). The molecular weight excluding hydrogens is 222 g/mol. The zero-order valence-corrected chi connectivity index (χ0v) is 10.4. The largest absolute Gasteiger partial charge is 0.233 e. The molecule has 1 atom stereocenters. The van der Waals surface area contributed by atoms with Crippen LogP contribution in [0.25, 0.3) is 6.08 Å². The molecule has 0 saturated heterocycles. The van der Waals surface area contributed by atoms with Crippen molar-refractivity contribution in [3.8, 4) is 0 Å². The van der Waals surface area contributed by atoms with Gasteiger partial charge in [-0.05, 0) is 25.0 Å². The van der Waals surface area contributed by atoms with Gasteiger partial charge in [-0.15, -0.1) is 0 Å². The van der Waals surface area contributed by atoms with Crippen LogP contribution in [0.2, 0.25) is 0 Å². The van der Waals surface area contributed by atoms with Crippen molar-refractivity contribution >= 4 is 16.1 Å². The van der Waals surface area contributed by atoms with Crippen LogP contribution in [0.3, 0.4) is 0 Å². The van der Waals surface area contributed by atoms with Gasteiger partial charge in [0, 0.05) is 11.4 Å². The molecule has 0 aromatic heterocycles. The molecule has 88 valence electrons. The number of sulfonamides is 1. The lowest BCUT2D eigenvalue weighted by Crippen LogP contribution is -2.30. The Bertz CT molecular complexity index is 437. The maximum Gasteiger partial charge on any atom is 0.233 e. The molecule has 16 heavy (non-hydrogen) atoms. The first kappa shape index (κ1) is 12.9. The Morgan fingerprint density at radius 3 is 2.50 bits per heavy atom. The van der Waals surface area contributed by atoms with E-state index in [0.717, 1.165) is 12.0 Å². The summed E-state index contributed by atoms with van der Waals surface area (Å²) in [5, 5.41) is 1.20. The van der Waals surface area contributed by atoms with Crippen molar-refractivity contribution in [1.82, 2.24) is 4.72 Å². The van der Waals surface area contributed by atoms with Crippen LogP contribution in [0.5, 0.6) is 0 Å². The Morgan fingerprint density at radius 2 is 1.94 bits per heavy atom. The van der Waals surface area contributed by atoms with Gasteiger partial charge < -0.3 is 0 Å². The summed E-state index contributed by atoms with van der Waals surface area (Å²) in [7, 11) is -3.32. The number of hydrogen-bond acceptors (Lipinski definition) is 2. The normalized spacial score (nSPS) is 14.1. The first-order chi connectivity index (χ1) is 7.53. The van der Waals surface area contributed by atoms with Gasteiger partial charge in [0.1, 0.15) is 0 Å². The van der Waals surface area contributed by atoms with Gasteiger partial charge in [-0.3, -0.25) is 0 Å². The standard InChI is InChI=1S/C12H17NO2S/c1-3-11(2)13-16(14,15)10-9-12-7-5-4-6-8-12/h4-11,13H,3H2,1-2H3. The van der Waals surface area contributed by atoms with Gasteiger partial charge in [-0.2, -0.15) is 0 Å². The molecule has 0 aliphatic heterocycles. The fourth-order valence-electron chi connectivity index (χ4n) is 1.14. The second-order valence-corrected chi connectivity index (χ2v) is 5.28. The summed E-state index contributed by atoms with van der Waals surface area (Å²) in [5.41, 5.74) is 0.872. The van der Waals surface area contributed by atoms with Crippen LogP contribution in [-0.2, 0) is 10.0 Å². The minimum absolute atomic E-state index is 0.0366. The van der Waals surface area contributed by atoms with E-state index in [1.54, 1.807) is 6.08 Å². The van der Waals surface area contributed by atoms with Crippen LogP contribution in [0.15, 0.2) is 35.7 Å². The maximum atomic E-state index is 11.6. The van der Waals surface area contributed by atoms with Crippen molar-refractivity contribution in [3.63, 3.8) is 0 Å². The summed E-state index contributed by atoms with van der Waals surface area (Å²) in [6.45, 7) is 3.78. The van der Waals surface area contributed by atoms with Crippen molar-refractivity contribution < 1.29 is 8.42 Å². The second-order valence-electron chi connectivity index (χ2n) is 3.69. The predicted molar refractivity (Wildman–Crippen MR) is 67.3 cm³/mol. The molecule has 1 aromatic rings. The summed E-state index contributed by atoms with van der Waals surface area (Å²) >= 11 is 0. The zero-order chi connectivity index (χ0) is 12.0. The molecule has 4 heteroatoms. The summed E-state index contributed by atoms with van der Waals surface area (Å²) in [6.07, 6.45) is 2.36. The summed E-state index contributed by atoms with van der Waals surface area (Å²) in [6, 6.07) is 9.31. The van der Waals surface area contributed by atoms with Crippen LogP contribution < -0.4 is 4.72 Å². The van der Waals surface area contributed by atoms with Crippen molar-refractivity contribution in [2.24, 2.45) is 0 Å². The van der Waals surface area contributed by atoms with E-state index in [1.165, 1.54) is 5.41 Å². The van der Waals surface area contributed by atoms with E-state index in [-0.39, 0.29) is 6.04 Å². The average Bonchev–Trinajstić information content (AvgIpc) is 2.27. The highest BCUT2D eigenvalue weighted by molar-refractivity contribution is 7.92. The highest BCUT2D eigenvalue weighted by Gasteiger charge is 2.08. The third-order valence-electron chi connectivity index (χ3n) is 2.22. The van der Waals surface area contributed by atoms with E-state index in [9.17, 15) is 8.42 Å². The summed E-state index contributed by atoms with van der Waals surface area (Å²) in [4.78, 5) is 0.